The molecule has 2 amide bonds. The van der Waals surface area contributed by atoms with E-state index in [-0.39, 0.29) is 17.7 Å². The Labute approximate surface area is 91.8 Å². The number of unbranched alkanes of at least 4 members (excludes halogenated alkanes) is 1. The summed E-state index contributed by atoms with van der Waals surface area (Å²) in [6.45, 7) is 4.45. The van der Waals surface area contributed by atoms with Gasteiger partial charge in [-0.15, -0.1) is 0 Å². The van der Waals surface area contributed by atoms with Crippen molar-refractivity contribution >= 4 is 11.8 Å². The third kappa shape index (κ3) is 6.94. The van der Waals surface area contributed by atoms with Crippen molar-refractivity contribution in [3.63, 3.8) is 0 Å². The lowest BCUT2D eigenvalue weighted by atomic mass is 10.0. The first-order chi connectivity index (χ1) is 7.11. The molecule has 2 N–H and O–H groups in total. The van der Waals surface area contributed by atoms with Gasteiger partial charge in [-0.05, 0) is 6.42 Å². The molecule has 0 aliphatic heterocycles. The van der Waals surface area contributed by atoms with Gasteiger partial charge in [-0.25, -0.2) is 0 Å². The molecule has 0 aromatic heterocycles. The molecule has 15 heavy (non-hydrogen) atoms. The molecule has 0 aliphatic carbocycles. The summed E-state index contributed by atoms with van der Waals surface area (Å²) in [5.41, 5.74) is 0. The fourth-order valence-corrected chi connectivity index (χ4v) is 1.24. The van der Waals surface area contributed by atoms with Crippen LogP contribution in [-0.2, 0) is 9.59 Å². The predicted molar refractivity (Wildman–Crippen MR) is 60.4 cm³/mol. The van der Waals surface area contributed by atoms with Crippen LogP contribution in [0.4, 0.5) is 0 Å². The predicted octanol–water partition coefficient (Wildman–Crippen LogP) is 1.06. The molecule has 0 rings (SSSR count). The quantitative estimate of drug-likeness (QED) is 0.666. The van der Waals surface area contributed by atoms with Crippen LogP contribution in [0.1, 0.15) is 39.5 Å². The van der Waals surface area contributed by atoms with E-state index in [0.717, 1.165) is 19.3 Å². The minimum Gasteiger partial charge on any atom is -0.359 e. The van der Waals surface area contributed by atoms with Crippen molar-refractivity contribution < 1.29 is 9.59 Å². The highest BCUT2D eigenvalue weighted by Gasteiger charge is 2.11. The zero-order chi connectivity index (χ0) is 11.7. The van der Waals surface area contributed by atoms with Crippen LogP contribution < -0.4 is 10.6 Å². The van der Waals surface area contributed by atoms with E-state index in [1.54, 1.807) is 7.05 Å². The largest absolute Gasteiger partial charge is 0.359 e. The van der Waals surface area contributed by atoms with Crippen molar-refractivity contribution in [1.29, 1.82) is 0 Å². The zero-order valence-electron chi connectivity index (χ0n) is 9.93. The maximum absolute atomic E-state index is 11.5. The van der Waals surface area contributed by atoms with Crippen LogP contribution in [0.5, 0.6) is 0 Å². The third-order valence-electron chi connectivity index (χ3n) is 2.37. The Kier molecular flexibility index (Phi) is 7.68. The van der Waals surface area contributed by atoms with Gasteiger partial charge in [0.2, 0.25) is 11.8 Å². The van der Waals surface area contributed by atoms with Gasteiger partial charge in [-0.3, -0.25) is 9.59 Å². The molecule has 1 atom stereocenters. The van der Waals surface area contributed by atoms with Crippen molar-refractivity contribution in [3.8, 4) is 0 Å². The average molecular weight is 214 g/mol. The molecule has 4 heteroatoms. The van der Waals surface area contributed by atoms with Gasteiger partial charge in [0, 0.05) is 25.9 Å². The molecule has 4 nitrogen and oxygen atoms in total. The Morgan fingerprint density at radius 3 is 2.53 bits per heavy atom. The van der Waals surface area contributed by atoms with E-state index in [1.165, 1.54) is 0 Å². The first-order valence-electron chi connectivity index (χ1n) is 5.60. The van der Waals surface area contributed by atoms with Crippen LogP contribution in [0, 0.1) is 5.92 Å². The zero-order valence-corrected chi connectivity index (χ0v) is 9.93. The lowest BCUT2D eigenvalue weighted by molar-refractivity contribution is -0.125. The van der Waals surface area contributed by atoms with Crippen molar-refractivity contribution in [2.45, 2.75) is 39.5 Å². The van der Waals surface area contributed by atoms with Crippen LogP contribution in [0.2, 0.25) is 0 Å². The molecule has 0 aromatic carbocycles. The highest BCUT2D eigenvalue weighted by Crippen LogP contribution is 2.07. The number of nitrogens with one attached hydrogen (secondary N) is 2. The van der Waals surface area contributed by atoms with E-state index in [0.29, 0.717) is 13.0 Å². The summed E-state index contributed by atoms with van der Waals surface area (Å²) in [4.78, 5) is 22.3. The Morgan fingerprint density at radius 1 is 1.33 bits per heavy atom. The Hall–Kier alpha value is -1.06. The molecular weight excluding hydrogens is 192 g/mol. The lowest BCUT2D eigenvalue weighted by Crippen LogP contribution is -2.32. The van der Waals surface area contributed by atoms with Gasteiger partial charge < -0.3 is 10.6 Å². The first-order valence-corrected chi connectivity index (χ1v) is 5.60. The van der Waals surface area contributed by atoms with Crippen molar-refractivity contribution in [3.05, 3.63) is 0 Å². The molecule has 0 bridgehead atoms. The SMILES string of the molecule is CCCCC(C)C(=O)NCCC(=O)NC. The van der Waals surface area contributed by atoms with Crippen LogP contribution in [0.3, 0.4) is 0 Å². The maximum Gasteiger partial charge on any atom is 0.222 e. The number of rotatable bonds is 7. The molecule has 0 fully saturated rings. The Morgan fingerprint density at radius 2 is 2.00 bits per heavy atom. The van der Waals surface area contributed by atoms with E-state index in [2.05, 4.69) is 17.6 Å². The molecule has 88 valence electrons. The Bertz CT molecular complexity index is 205. The summed E-state index contributed by atoms with van der Waals surface area (Å²) in [5.74, 6) is 0.0542. The van der Waals surface area contributed by atoms with Crippen LogP contribution in [0.25, 0.3) is 0 Å². The van der Waals surface area contributed by atoms with Gasteiger partial charge >= 0.3 is 0 Å². The van der Waals surface area contributed by atoms with Gasteiger partial charge in [0.1, 0.15) is 0 Å². The fraction of sp³-hybridized carbons (Fsp3) is 0.818. The normalized spacial score (nSPS) is 11.9. The van der Waals surface area contributed by atoms with Crippen LogP contribution >= 0.6 is 0 Å². The molecule has 0 spiro atoms. The minimum atomic E-state index is -0.0449. The van der Waals surface area contributed by atoms with Gasteiger partial charge in [0.15, 0.2) is 0 Å². The van der Waals surface area contributed by atoms with Crippen LogP contribution in [-0.4, -0.2) is 25.4 Å². The molecule has 0 aliphatic rings. The average Bonchev–Trinajstić information content (AvgIpc) is 2.25. The summed E-state index contributed by atoms with van der Waals surface area (Å²) < 4.78 is 0. The second kappa shape index (κ2) is 8.26. The van der Waals surface area contributed by atoms with E-state index >= 15 is 0 Å². The van der Waals surface area contributed by atoms with Crippen molar-refractivity contribution in [1.82, 2.24) is 10.6 Å². The van der Waals surface area contributed by atoms with E-state index in [4.69, 9.17) is 0 Å². The summed E-state index contributed by atoms with van der Waals surface area (Å²) in [7, 11) is 1.59. The summed E-state index contributed by atoms with van der Waals surface area (Å²) >= 11 is 0. The van der Waals surface area contributed by atoms with Gasteiger partial charge in [0.25, 0.3) is 0 Å². The smallest absolute Gasteiger partial charge is 0.222 e. The van der Waals surface area contributed by atoms with Crippen molar-refractivity contribution in [2.75, 3.05) is 13.6 Å². The number of amides is 2. The third-order valence-corrected chi connectivity index (χ3v) is 2.37. The fourth-order valence-electron chi connectivity index (χ4n) is 1.24. The van der Waals surface area contributed by atoms with E-state index < -0.39 is 0 Å². The Balaban J connectivity index is 3.59. The number of carbonyl (C=O) groups excluding carboxylic acids is 2. The molecule has 0 radical (unpaired) electrons. The highest BCUT2D eigenvalue weighted by atomic mass is 16.2. The van der Waals surface area contributed by atoms with Crippen LogP contribution in [0.15, 0.2) is 0 Å². The monoisotopic (exact) mass is 214 g/mol. The molecule has 0 aromatic rings. The molecule has 0 saturated carbocycles. The first kappa shape index (κ1) is 13.9. The molecule has 0 saturated heterocycles. The second-order valence-corrected chi connectivity index (χ2v) is 3.76. The van der Waals surface area contributed by atoms with Gasteiger partial charge in [-0.1, -0.05) is 26.7 Å². The van der Waals surface area contributed by atoms with Crippen molar-refractivity contribution in [2.24, 2.45) is 5.92 Å². The maximum atomic E-state index is 11.5. The number of hydrogen-bond acceptors (Lipinski definition) is 2. The molecule has 0 heterocycles. The molecular formula is C11H22N2O2. The standard InChI is InChI=1S/C11H22N2O2/c1-4-5-6-9(2)11(15)13-8-7-10(14)12-3/h9H,4-8H2,1-3H3,(H,12,14)(H,13,15). The van der Waals surface area contributed by atoms with Gasteiger partial charge in [-0.2, -0.15) is 0 Å². The number of hydrogen-bond donors (Lipinski definition) is 2. The lowest BCUT2D eigenvalue weighted by Gasteiger charge is -2.11. The summed E-state index contributed by atoms with van der Waals surface area (Å²) in [6, 6.07) is 0. The summed E-state index contributed by atoms with van der Waals surface area (Å²) in [5, 5.41) is 5.27. The summed E-state index contributed by atoms with van der Waals surface area (Å²) in [6.07, 6.45) is 3.45. The minimum absolute atomic E-state index is 0.0449. The number of carbonyl (C=O) groups is 2. The highest BCUT2D eigenvalue weighted by molar-refractivity contribution is 5.80. The van der Waals surface area contributed by atoms with E-state index in [1.807, 2.05) is 6.92 Å². The molecule has 1 unspecified atom stereocenters. The topological polar surface area (TPSA) is 58.2 Å². The van der Waals surface area contributed by atoms with E-state index in [9.17, 15) is 9.59 Å². The van der Waals surface area contributed by atoms with Gasteiger partial charge in [0.05, 0.1) is 0 Å². The second-order valence-electron chi connectivity index (χ2n) is 3.76.